The molecule has 0 radical (unpaired) electrons. The van der Waals surface area contributed by atoms with Crippen molar-refractivity contribution >= 4 is 29.1 Å². The van der Waals surface area contributed by atoms with Crippen LogP contribution < -0.4 is 16.0 Å². The molecule has 0 amide bonds. The van der Waals surface area contributed by atoms with E-state index in [1.165, 1.54) is 16.7 Å². The molecular formula is C21H26F2N6S. The number of thiocyanates is 1. The molecule has 1 aliphatic heterocycles. The predicted octanol–water partition coefficient (Wildman–Crippen LogP) is 4.53. The van der Waals surface area contributed by atoms with E-state index in [-0.39, 0.29) is 24.1 Å². The molecule has 1 aromatic carbocycles. The fourth-order valence-corrected chi connectivity index (χ4v) is 3.75. The van der Waals surface area contributed by atoms with Gasteiger partial charge >= 0.3 is 0 Å². The van der Waals surface area contributed by atoms with Crippen LogP contribution in [0.4, 0.5) is 26.1 Å². The fraction of sp³-hybridized carbons (Fsp3) is 0.476. The summed E-state index contributed by atoms with van der Waals surface area (Å²) in [7, 11) is 0. The molecular weight excluding hydrogens is 406 g/mol. The molecule has 160 valence electrons. The second-order valence-electron chi connectivity index (χ2n) is 8.41. The van der Waals surface area contributed by atoms with Crippen LogP contribution in [0.5, 0.6) is 0 Å². The minimum absolute atomic E-state index is 0.200. The molecule has 0 aliphatic carbocycles. The van der Waals surface area contributed by atoms with E-state index in [0.717, 1.165) is 11.1 Å². The molecule has 6 nitrogen and oxygen atoms in total. The highest BCUT2D eigenvalue weighted by Gasteiger charge is 2.40. The zero-order valence-electron chi connectivity index (χ0n) is 17.4. The van der Waals surface area contributed by atoms with Crippen LogP contribution >= 0.6 is 11.8 Å². The standard InChI is InChI=1S/C21H26F2N6S/c1-20(2,3)19-27-17(16(25)18(28-19)29-9-8-21(22,23)12-29)26-10-14-6-4-5-7-15(14)11-30-13-24/h4-7H,8-12,25H2,1-3H3,(H,26,27,28). The summed E-state index contributed by atoms with van der Waals surface area (Å²) >= 11 is 1.17. The lowest BCUT2D eigenvalue weighted by Gasteiger charge is -2.25. The summed E-state index contributed by atoms with van der Waals surface area (Å²) in [5.74, 6) is -0.845. The van der Waals surface area contributed by atoms with Gasteiger partial charge in [-0.2, -0.15) is 5.26 Å². The van der Waals surface area contributed by atoms with Crippen LogP contribution in [0.25, 0.3) is 0 Å². The summed E-state index contributed by atoms with van der Waals surface area (Å²) < 4.78 is 27.6. The highest BCUT2D eigenvalue weighted by atomic mass is 32.2. The number of alkyl halides is 2. The number of nitrogens with one attached hydrogen (secondary N) is 1. The molecule has 0 atom stereocenters. The monoisotopic (exact) mass is 432 g/mol. The third-order valence-electron chi connectivity index (χ3n) is 4.92. The van der Waals surface area contributed by atoms with Gasteiger partial charge in [0, 0.05) is 30.7 Å². The number of aromatic nitrogens is 2. The highest BCUT2D eigenvalue weighted by Crippen LogP contribution is 2.36. The third-order valence-corrected chi connectivity index (χ3v) is 5.51. The van der Waals surface area contributed by atoms with Gasteiger partial charge in [0.05, 0.1) is 6.54 Å². The predicted molar refractivity (Wildman–Crippen MR) is 118 cm³/mol. The van der Waals surface area contributed by atoms with E-state index >= 15 is 0 Å². The fourth-order valence-electron chi connectivity index (χ4n) is 3.25. The molecule has 1 fully saturated rings. The van der Waals surface area contributed by atoms with Crippen molar-refractivity contribution in [2.75, 3.05) is 29.0 Å². The minimum atomic E-state index is -2.75. The summed E-state index contributed by atoms with van der Waals surface area (Å²) in [4.78, 5) is 10.7. The molecule has 1 aliphatic rings. The number of nitrogens with zero attached hydrogens (tertiary/aromatic N) is 4. The van der Waals surface area contributed by atoms with Crippen molar-refractivity contribution in [3.8, 4) is 5.40 Å². The number of nitrogens with two attached hydrogens (primary N) is 1. The Morgan fingerprint density at radius 1 is 1.27 bits per heavy atom. The normalized spacial score (nSPS) is 15.8. The summed E-state index contributed by atoms with van der Waals surface area (Å²) in [5, 5.41) is 14.2. The van der Waals surface area contributed by atoms with Crippen molar-refractivity contribution in [1.82, 2.24) is 9.97 Å². The number of halogens is 2. The maximum absolute atomic E-state index is 13.8. The van der Waals surface area contributed by atoms with E-state index in [1.54, 1.807) is 0 Å². The van der Waals surface area contributed by atoms with Crippen molar-refractivity contribution in [3.05, 3.63) is 41.2 Å². The van der Waals surface area contributed by atoms with Crippen molar-refractivity contribution in [1.29, 1.82) is 5.26 Å². The Bertz CT molecular complexity index is 951. The first-order valence-corrected chi connectivity index (χ1v) is 10.7. The number of hydrogen-bond donors (Lipinski definition) is 2. The molecule has 3 rings (SSSR count). The van der Waals surface area contributed by atoms with E-state index in [1.807, 2.05) is 45.0 Å². The maximum Gasteiger partial charge on any atom is 0.266 e. The van der Waals surface area contributed by atoms with Gasteiger partial charge in [-0.3, -0.25) is 0 Å². The topological polar surface area (TPSA) is 90.9 Å². The maximum atomic E-state index is 13.8. The van der Waals surface area contributed by atoms with Crippen LogP contribution in [-0.2, 0) is 17.7 Å². The quantitative estimate of drug-likeness (QED) is 0.648. The average molecular weight is 433 g/mol. The van der Waals surface area contributed by atoms with Gasteiger partial charge in [-0.1, -0.05) is 45.0 Å². The Balaban J connectivity index is 1.91. The average Bonchev–Trinajstić information content (AvgIpc) is 3.04. The number of nitriles is 1. The number of thioether (sulfide) groups is 1. The lowest BCUT2D eigenvalue weighted by Crippen LogP contribution is -2.28. The second kappa shape index (κ2) is 8.64. The molecule has 0 spiro atoms. The van der Waals surface area contributed by atoms with Gasteiger partial charge < -0.3 is 16.0 Å². The molecule has 3 N–H and O–H groups in total. The Morgan fingerprint density at radius 3 is 2.57 bits per heavy atom. The summed E-state index contributed by atoms with van der Waals surface area (Å²) in [6.07, 6.45) is -0.214. The molecule has 0 bridgehead atoms. The van der Waals surface area contributed by atoms with Gasteiger partial charge in [-0.05, 0) is 22.9 Å². The van der Waals surface area contributed by atoms with E-state index < -0.39 is 12.5 Å². The van der Waals surface area contributed by atoms with E-state index in [4.69, 9.17) is 11.0 Å². The molecule has 0 saturated carbocycles. The van der Waals surface area contributed by atoms with E-state index in [0.29, 0.717) is 29.8 Å². The number of benzene rings is 1. The Hall–Kier alpha value is -2.60. The van der Waals surface area contributed by atoms with Crippen LogP contribution in [0.1, 0.15) is 44.1 Å². The van der Waals surface area contributed by atoms with Gasteiger partial charge in [0.25, 0.3) is 5.92 Å². The van der Waals surface area contributed by atoms with E-state index in [9.17, 15) is 8.78 Å². The summed E-state index contributed by atoms with van der Waals surface area (Å²) in [5.41, 5.74) is 8.28. The van der Waals surface area contributed by atoms with Gasteiger partial charge in [0.15, 0.2) is 11.6 Å². The Labute approximate surface area is 179 Å². The molecule has 30 heavy (non-hydrogen) atoms. The van der Waals surface area contributed by atoms with Crippen molar-refractivity contribution in [2.24, 2.45) is 0 Å². The molecule has 1 saturated heterocycles. The number of hydrogen-bond acceptors (Lipinski definition) is 7. The van der Waals surface area contributed by atoms with Crippen LogP contribution in [-0.4, -0.2) is 29.0 Å². The lowest BCUT2D eigenvalue weighted by molar-refractivity contribution is 0.0257. The third kappa shape index (κ3) is 5.11. The van der Waals surface area contributed by atoms with Crippen LogP contribution in [0.15, 0.2) is 24.3 Å². The van der Waals surface area contributed by atoms with Crippen molar-refractivity contribution < 1.29 is 8.78 Å². The van der Waals surface area contributed by atoms with Crippen molar-refractivity contribution in [3.63, 3.8) is 0 Å². The number of nitrogen functional groups attached to an aromatic ring is 1. The van der Waals surface area contributed by atoms with Gasteiger partial charge in [0.2, 0.25) is 0 Å². The second-order valence-corrected chi connectivity index (χ2v) is 9.17. The Morgan fingerprint density at radius 2 is 1.97 bits per heavy atom. The van der Waals surface area contributed by atoms with Gasteiger partial charge in [-0.15, -0.1) is 0 Å². The highest BCUT2D eigenvalue weighted by molar-refractivity contribution is 8.02. The smallest absolute Gasteiger partial charge is 0.266 e. The van der Waals surface area contributed by atoms with Gasteiger partial charge in [0.1, 0.15) is 16.9 Å². The SMILES string of the molecule is CC(C)(C)c1nc(NCc2ccccc2CSC#N)c(N)c(N2CCC(F)(F)C2)n1. The molecule has 9 heteroatoms. The first-order chi connectivity index (χ1) is 14.1. The largest absolute Gasteiger partial charge is 0.393 e. The van der Waals surface area contributed by atoms with Crippen LogP contribution in [0.3, 0.4) is 0 Å². The van der Waals surface area contributed by atoms with Crippen LogP contribution in [0, 0.1) is 10.7 Å². The molecule has 2 aromatic rings. The van der Waals surface area contributed by atoms with Crippen LogP contribution in [0.2, 0.25) is 0 Å². The number of rotatable bonds is 6. The first-order valence-electron chi connectivity index (χ1n) is 9.73. The first kappa shape index (κ1) is 22.1. The number of anilines is 3. The van der Waals surface area contributed by atoms with E-state index in [2.05, 4.69) is 20.7 Å². The zero-order chi connectivity index (χ0) is 21.9. The Kier molecular flexibility index (Phi) is 6.36. The lowest BCUT2D eigenvalue weighted by atomic mass is 9.95. The molecule has 0 unspecified atom stereocenters. The minimum Gasteiger partial charge on any atom is -0.393 e. The summed E-state index contributed by atoms with van der Waals surface area (Å²) in [6.45, 7) is 6.16. The van der Waals surface area contributed by atoms with Crippen molar-refractivity contribution in [2.45, 2.75) is 50.8 Å². The molecule has 2 heterocycles. The summed E-state index contributed by atoms with van der Waals surface area (Å²) in [6, 6.07) is 7.81. The van der Waals surface area contributed by atoms with Gasteiger partial charge in [-0.25, -0.2) is 18.7 Å². The zero-order valence-corrected chi connectivity index (χ0v) is 18.2. The molecule has 1 aromatic heterocycles.